The summed E-state index contributed by atoms with van der Waals surface area (Å²) in [6.45, 7) is -1.36. The van der Waals surface area contributed by atoms with Gasteiger partial charge in [0.25, 0.3) is 0 Å². The summed E-state index contributed by atoms with van der Waals surface area (Å²) in [5, 5.41) is 10.9. The number of nitrogens with one attached hydrogen (secondary N) is 1. The largest absolute Gasteiger partial charge is 0.435 e. The fourth-order valence-electron chi connectivity index (χ4n) is 3.92. The van der Waals surface area contributed by atoms with E-state index < -0.39 is 6.61 Å². The molecule has 1 aliphatic heterocycles. The van der Waals surface area contributed by atoms with E-state index >= 15 is 0 Å². The topological polar surface area (TPSA) is 65.0 Å². The minimum atomic E-state index is -2.82. The molecule has 2 aromatic carbocycles. The summed E-state index contributed by atoms with van der Waals surface area (Å²) in [6.07, 6.45) is 4.18. The summed E-state index contributed by atoms with van der Waals surface area (Å²) >= 11 is 1.56. The van der Waals surface area contributed by atoms with Crippen LogP contribution in [0.25, 0.3) is 22.3 Å². The Kier molecular flexibility index (Phi) is 6.09. The van der Waals surface area contributed by atoms with Crippen LogP contribution in [0, 0.1) is 0 Å². The van der Waals surface area contributed by atoms with E-state index in [0.717, 1.165) is 52.5 Å². The first-order chi connectivity index (χ1) is 15.7. The lowest BCUT2D eigenvalue weighted by molar-refractivity contribution is -0.0498. The number of aromatic amines is 1. The highest BCUT2D eigenvalue weighted by Crippen LogP contribution is 2.32. The average Bonchev–Trinajstić information content (AvgIpc) is 3.53. The van der Waals surface area contributed by atoms with Gasteiger partial charge < -0.3 is 14.5 Å². The van der Waals surface area contributed by atoms with E-state index in [4.69, 9.17) is 4.74 Å². The number of H-pyrrole nitrogens is 1. The van der Waals surface area contributed by atoms with Crippen LogP contribution < -0.4 is 4.74 Å². The molecule has 1 N–H and O–H groups in total. The van der Waals surface area contributed by atoms with E-state index in [1.807, 2.05) is 24.4 Å². The summed E-state index contributed by atoms with van der Waals surface area (Å²) in [5.41, 5.74) is 3.04. The second kappa shape index (κ2) is 9.30. The van der Waals surface area contributed by atoms with Gasteiger partial charge in [-0.05, 0) is 36.6 Å². The lowest BCUT2D eigenvalue weighted by atomic mass is 10.1. The molecule has 0 saturated carbocycles. The van der Waals surface area contributed by atoms with Gasteiger partial charge in [-0.25, -0.2) is 0 Å². The molecule has 9 heteroatoms. The van der Waals surface area contributed by atoms with Crippen molar-refractivity contribution in [1.82, 2.24) is 19.7 Å². The molecule has 1 saturated heterocycles. The van der Waals surface area contributed by atoms with Gasteiger partial charge >= 0.3 is 6.61 Å². The molecule has 4 aromatic rings. The number of hydrogen-bond donors (Lipinski definition) is 1. The normalized spacial score (nSPS) is 16.3. The number of para-hydroxylation sites is 1. The maximum Gasteiger partial charge on any atom is 0.387 e. The number of aromatic nitrogens is 4. The summed E-state index contributed by atoms with van der Waals surface area (Å²) in [5.74, 6) is 1.59. The maximum atomic E-state index is 12.4. The zero-order valence-corrected chi connectivity index (χ0v) is 18.0. The number of fused-ring (bicyclic) bond motifs is 1. The van der Waals surface area contributed by atoms with Gasteiger partial charge in [-0.15, -0.1) is 10.2 Å². The number of ether oxygens (including phenoxy) is 2. The first-order valence-corrected chi connectivity index (χ1v) is 11.4. The van der Waals surface area contributed by atoms with Crippen molar-refractivity contribution in [2.45, 2.75) is 43.0 Å². The molecule has 0 spiro atoms. The third-order valence-electron chi connectivity index (χ3n) is 5.47. The summed E-state index contributed by atoms with van der Waals surface area (Å²) in [6, 6.07) is 14.8. The maximum absolute atomic E-state index is 12.4. The van der Waals surface area contributed by atoms with E-state index in [-0.39, 0.29) is 11.9 Å². The molecule has 6 nitrogen and oxygen atoms in total. The zero-order chi connectivity index (χ0) is 21.9. The Labute approximate surface area is 187 Å². The van der Waals surface area contributed by atoms with Crippen LogP contribution in [-0.2, 0) is 17.0 Å². The Balaban J connectivity index is 1.40. The Hall–Kier alpha value is -2.91. The monoisotopic (exact) mass is 456 g/mol. The van der Waals surface area contributed by atoms with Gasteiger partial charge in [-0.2, -0.15) is 8.78 Å². The molecule has 1 atom stereocenters. The van der Waals surface area contributed by atoms with Crippen molar-refractivity contribution in [3.63, 3.8) is 0 Å². The minimum Gasteiger partial charge on any atom is -0.435 e. The average molecular weight is 457 g/mol. The van der Waals surface area contributed by atoms with Crippen LogP contribution in [0.15, 0.2) is 59.9 Å². The molecule has 2 aromatic heterocycles. The fraction of sp³-hybridized carbons (Fsp3) is 0.304. The number of hydrogen-bond acceptors (Lipinski definition) is 5. The quantitative estimate of drug-likeness (QED) is 0.355. The molecule has 0 radical (unpaired) electrons. The van der Waals surface area contributed by atoms with Gasteiger partial charge in [0.2, 0.25) is 0 Å². The molecule has 1 aliphatic rings. The van der Waals surface area contributed by atoms with Gasteiger partial charge in [0.1, 0.15) is 5.75 Å². The molecule has 5 rings (SSSR count). The predicted octanol–water partition coefficient (Wildman–Crippen LogP) is 5.50. The van der Waals surface area contributed by atoms with Crippen molar-refractivity contribution < 1.29 is 18.3 Å². The standard InChI is InChI=1S/C23H22F2N4O2S/c24-22(25)31-16-9-7-15(8-10-16)14-32-23-28-27-21(29(23)13-17-4-3-11-30-17)19-12-26-20-6-2-1-5-18(19)20/h1-2,5-10,12,17,22,26H,3-4,11,13-14H2. The number of benzene rings is 2. The van der Waals surface area contributed by atoms with Gasteiger partial charge in [-0.3, -0.25) is 4.57 Å². The number of rotatable bonds is 8. The minimum absolute atomic E-state index is 0.139. The summed E-state index contributed by atoms with van der Waals surface area (Å²) < 4.78 is 37.2. The SMILES string of the molecule is FC(F)Oc1ccc(CSc2nnc(-c3c[nH]c4ccccc34)n2CC2CCCO2)cc1. The van der Waals surface area contributed by atoms with Gasteiger partial charge in [-0.1, -0.05) is 42.1 Å². The molecule has 1 fully saturated rings. The Morgan fingerprint density at radius 2 is 2.00 bits per heavy atom. The van der Waals surface area contributed by atoms with Crippen LogP contribution in [-0.4, -0.2) is 39.1 Å². The Bertz CT molecular complexity index is 1190. The molecular formula is C23H22F2N4O2S. The van der Waals surface area contributed by atoms with Crippen LogP contribution >= 0.6 is 11.8 Å². The lowest BCUT2D eigenvalue weighted by Crippen LogP contribution is -2.16. The first kappa shape index (κ1) is 21.0. The molecule has 166 valence electrons. The molecule has 32 heavy (non-hydrogen) atoms. The molecular weight excluding hydrogens is 434 g/mol. The van der Waals surface area contributed by atoms with Gasteiger partial charge in [0.15, 0.2) is 11.0 Å². The van der Waals surface area contributed by atoms with E-state index in [2.05, 4.69) is 30.6 Å². The van der Waals surface area contributed by atoms with Crippen LogP contribution in [0.2, 0.25) is 0 Å². The van der Waals surface area contributed by atoms with E-state index in [1.54, 1.807) is 36.0 Å². The van der Waals surface area contributed by atoms with Crippen molar-refractivity contribution in [3.05, 3.63) is 60.3 Å². The van der Waals surface area contributed by atoms with Crippen molar-refractivity contribution >= 4 is 22.7 Å². The van der Waals surface area contributed by atoms with Crippen LogP contribution in [0.4, 0.5) is 8.78 Å². The third kappa shape index (κ3) is 4.49. The Morgan fingerprint density at radius 3 is 2.78 bits per heavy atom. The number of nitrogens with zero attached hydrogens (tertiary/aromatic N) is 3. The highest BCUT2D eigenvalue weighted by Gasteiger charge is 2.23. The van der Waals surface area contributed by atoms with Crippen molar-refractivity contribution in [2.24, 2.45) is 0 Å². The number of thioether (sulfide) groups is 1. The highest BCUT2D eigenvalue weighted by atomic mass is 32.2. The second-order valence-corrected chi connectivity index (χ2v) is 8.55. The van der Waals surface area contributed by atoms with Crippen molar-refractivity contribution in [1.29, 1.82) is 0 Å². The fourth-order valence-corrected chi connectivity index (χ4v) is 4.83. The predicted molar refractivity (Wildman–Crippen MR) is 119 cm³/mol. The van der Waals surface area contributed by atoms with E-state index in [9.17, 15) is 8.78 Å². The van der Waals surface area contributed by atoms with E-state index in [1.165, 1.54) is 0 Å². The number of alkyl halides is 2. The molecule has 0 bridgehead atoms. The molecule has 1 unspecified atom stereocenters. The smallest absolute Gasteiger partial charge is 0.387 e. The van der Waals surface area contributed by atoms with E-state index in [0.29, 0.717) is 12.3 Å². The zero-order valence-electron chi connectivity index (χ0n) is 17.2. The first-order valence-electron chi connectivity index (χ1n) is 10.5. The highest BCUT2D eigenvalue weighted by molar-refractivity contribution is 7.98. The molecule has 0 aliphatic carbocycles. The van der Waals surface area contributed by atoms with Crippen LogP contribution in [0.3, 0.4) is 0 Å². The molecule has 3 heterocycles. The number of halogens is 2. The van der Waals surface area contributed by atoms with Crippen LogP contribution in [0.1, 0.15) is 18.4 Å². The van der Waals surface area contributed by atoms with Gasteiger partial charge in [0, 0.05) is 35.0 Å². The Morgan fingerprint density at radius 1 is 1.16 bits per heavy atom. The van der Waals surface area contributed by atoms with Crippen LogP contribution in [0.5, 0.6) is 5.75 Å². The summed E-state index contributed by atoms with van der Waals surface area (Å²) in [4.78, 5) is 3.31. The second-order valence-electron chi connectivity index (χ2n) is 7.61. The summed E-state index contributed by atoms with van der Waals surface area (Å²) in [7, 11) is 0. The lowest BCUT2D eigenvalue weighted by Gasteiger charge is -2.14. The van der Waals surface area contributed by atoms with Gasteiger partial charge in [0.05, 0.1) is 12.6 Å². The van der Waals surface area contributed by atoms with Crippen molar-refractivity contribution in [3.8, 4) is 17.1 Å². The third-order valence-corrected chi connectivity index (χ3v) is 6.51. The van der Waals surface area contributed by atoms with Crippen molar-refractivity contribution in [2.75, 3.05) is 6.61 Å². The molecule has 0 amide bonds.